The third-order valence-corrected chi connectivity index (χ3v) is 7.30. The van der Waals surface area contributed by atoms with Gasteiger partial charge in [0.15, 0.2) is 17.6 Å². The maximum Gasteiger partial charge on any atom is 0.219 e. The second kappa shape index (κ2) is 11.6. The summed E-state index contributed by atoms with van der Waals surface area (Å²) in [6.07, 6.45) is 8.18. The number of nitrogens with one attached hydrogen (secondary N) is 1. The van der Waals surface area contributed by atoms with Gasteiger partial charge >= 0.3 is 0 Å². The zero-order chi connectivity index (χ0) is 27.4. The molecule has 5 N–H and O–H groups in total. The zero-order valence-electron chi connectivity index (χ0n) is 22.4. The summed E-state index contributed by atoms with van der Waals surface area (Å²) in [6, 6.07) is 5.72. The number of unbranched alkanes of at least 4 members (excludes halogenated alkanes) is 2. The Morgan fingerprint density at radius 2 is 1.84 bits per heavy atom. The first-order valence-corrected chi connectivity index (χ1v) is 13.5. The van der Waals surface area contributed by atoms with E-state index in [1.165, 1.54) is 24.3 Å². The van der Waals surface area contributed by atoms with Crippen LogP contribution in [0.1, 0.15) is 82.1 Å². The summed E-state index contributed by atoms with van der Waals surface area (Å²) in [5, 5.41) is 43.8. The van der Waals surface area contributed by atoms with Crippen LogP contribution in [0.3, 0.4) is 0 Å². The molecule has 0 aliphatic carbocycles. The molecule has 0 saturated heterocycles. The molecule has 0 aromatic heterocycles. The van der Waals surface area contributed by atoms with Gasteiger partial charge in [0.05, 0.1) is 5.60 Å². The third-order valence-electron chi connectivity index (χ3n) is 7.30. The SMILES string of the molecule is CC(C)/C=C/CCCCC(=O)NCCCC1(C)O[C@H]2Cc3c(O)cc(O)cc3O[C@@H]2c2cc(O)c(O)cc21. The third kappa shape index (κ3) is 6.18. The van der Waals surface area contributed by atoms with Crippen molar-refractivity contribution in [1.82, 2.24) is 5.32 Å². The first-order valence-electron chi connectivity index (χ1n) is 13.5. The number of carbonyl (C=O) groups is 1. The van der Waals surface area contributed by atoms with Crippen molar-refractivity contribution in [1.29, 1.82) is 0 Å². The average molecular weight is 526 g/mol. The molecule has 2 heterocycles. The first-order chi connectivity index (χ1) is 18.1. The van der Waals surface area contributed by atoms with Crippen molar-refractivity contribution in [2.45, 2.75) is 83.5 Å². The van der Waals surface area contributed by atoms with Gasteiger partial charge in [0.25, 0.3) is 0 Å². The van der Waals surface area contributed by atoms with Crippen molar-refractivity contribution in [2.75, 3.05) is 6.54 Å². The fourth-order valence-electron chi connectivity index (χ4n) is 5.35. The van der Waals surface area contributed by atoms with Crippen LogP contribution in [0.25, 0.3) is 0 Å². The molecule has 1 amide bonds. The minimum atomic E-state index is -0.817. The van der Waals surface area contributed by atoms with E-state index in [0.29, 0.717) is 60.6 Å². The number of fused-ring (bicyclic) bond motifs is 4. The Hall–Kier alpha value is -3.39. The zero-order valence-corrected chi connectivity index (χ0v) is 22.4. The Labute approximate surface area is 223 Å². The molecule has 8 heteroatoms. The molecule has 2 aromatic carbocycles. The Balaban J connectivity index is 1.40. The van der Waals surface area contributed by atoms with Crippen molar-refractivity contribution in [3.8, 4) is 28.7 Å². The van der Waals surface area contributed by atoms with Crippen LogP contribution in [-0.2, 0) is 21.6 Å². The Morgan fingerprint density at radius 1 is 1.08 bits per heavy atom. The monoisotopic (exact) mass is 525 g/mol. The molecule has 2 aromatic rings. The van der Waals surface area contributed by atoms with Gasteiger partial charge < -0.3 is 35.2 Å². The van der Waals surface area contributed by atoms with Crippen molar-refractivity contribution in [2.24, 2.45) is 5.92 Å². The van der Waals surface area contributed by atoms with Gasteiger partial charge in [-0.25, -0.2) is 0 Å². The van der Waals surface area contributed by atoms with E-state index in [0.717, 1.165) is 19.3 Å². The van der Waals surface area contributed by atoms with E-state index in [1.807, 2.05) is 6.92 Å². The van der Waals surface area contributed by atoms with E-state index >= 15 is 0 Å². The van der Waals surface area contributed by atoms with E-state index in [9.17, 15) is 25.2 Å². The van der Waals surface area contributed by atoms with Crippen molar-refractivity contribution in [3.05, 3.63) is 53.1 Å². The molecule has 0 saturated carbocycles. The minimum Gasteiger partial charge on any atom is -0.508 e. The Morgan fingerprint density at radius 3 is 2.61 bits per heavy atom. The molecule has 38 heavy (non-hydrogen) atoms. The fourth-order valence-corrected chi connectivity index (χ4v) is 5.35. The predicted octanol–water partition coefficient (Wildman–Crippen LogP) is 5.47. The van der Waals surface area contributed by atoms with Gasteiger partial charge in [-0.2, -0.15) is 0 Å². The summed E-state index contributed by atoms with van der Waals surface area (Å²) in [4.78, 5) is 12.3. The molecule has 3 atom stereocenters. The van der Waals surface area contributed by atoms with E-state index in [4.69, 9.17) is 9.47 Å². The molecule has 4 rings (SSSR count). The number of aromatic hydroxyl groups is 4. The summed E-state index contributed by atoms with van der Waals surface area (Å²) in [5.74, 6) is 0.248. The van der Waals surface area contributed by atoms with Crippen molar-refractivity contribution >= 4 is 5.91 Å². The van der Waals surface area contributed by atoms with E-state index in [1.54, 1.807) is 0 Å². The fraction of sp³-hybridized carbons (Fsp3) is 0.500. The van der Waals surface area contributed by atoms with E-state index < -0.39 is 17.8 Å². The van der Waals surface area contributed by atoms with Crippen molar-refractivity contribution in [3.63, 3.8) is 0 Å². The number of hydrogen-bond acceptors (Lipinski definition) is 7. The van der Waals surface area contributed by atoms with Crippen molar-refractivity contribution < 1.29 is 34.7 Å². The molecule has 1 unspecified atom stereocenters. The lowest BCUT2D eigenvalue weighted by molar-refractivity contribution is -0.153. The van der Waals surface area contributed by atoms with Crippen LogP contribution in [0, 0.1) is 5.92 Å². The second-order valence-electron chi connectivity index (χ2n) is 10.9. The molecular formula is C30H39NO7. The average Bonchev–Trinajstić information content (AvgIpc) is 2.84. The lowest BCUT2D eigenvalue weighted by Crippen LogP contribution is -2.45. The number of ether oxygens (including phenoxy) is 2. The predicted molar refractivity (Wildman–Crippen MR) is 144 cm³/mol. The van der Waals surface area contributed by atoms with Gasteiger partial charge in [0.2, 0.25) is 5.91 Å². The Kier molecular flexibility index (Phi) is 8.41. The topological polar surface area (TPSA) is 128 Å². The molecule has 0 bridgehead atoms. The highest BCUT2D eigenvalue weighted by atomic mass is 16.6. The quantitative estimate of drug-likeness (QED) is 0.158. The van der Waals surface area contributed by atoms with Gasteiger partial charge in [-0.15, -0.1) is 0 Å². The van der Waals surface area contributed by atoms with Gasteiger partial charge in [-0.05, 0) is 62.6 Å². The van der Waals surface area contributed by atoms with Crippen LogP contribution in [0.5, 0.6) is 28.7 Å². The summed E-state index contributed by atoms with van der Waals surface area (Å²) in [7, 11) is 0. The molecule has 2 aliphatic rings. The molecule has 8 nitrogen and oxygen atoms in total. The maximum atomic E-state index is 12.3. The second-order valence-corrected chi connectivity index (χ2v) is 10.9. The van der Waals surface area contributed by atoms with Crippen LogP contribution < -0.4 is 10.1 Å². The summed E-state index contributed by atoms with van der Waals surface area (Å²) in [5.41, 5.74) is 1.11. The molecule has 0 spiro atoms. The summed E-state index contributed by atoms with van der Waals surface area (Å²) >= 11 is 0. The maximum absolute atomic E-state index is 12.3. The number of hydrogen-bond donors (Lipinski definition) is 5. The highest BCUT2D eigenvalue weighted by Crippen LogP contribution is 2.52. The molecule has 206 valence electrons. The standard InChI is InChI=1S/C30H39NO7/c1-18(2)9-6-4-5-7-10-28(36)31-12-8-11-30(3)22-17-25(35)24(34)15-20(22)29-27(38-30)16-21-23(33)13-19(32)14-26(21)37-29/h6,9,13-15,17-18,27,29,32-35H,4-5,7-8,10-12,16H2,1-3H3,(H,31,36)/b9-6+/t27-,29+,30?/m0/s1. The normalized spacial score (nSPS) is 22.0. The number of allylic oxidation sites excluding steroid dienone is 2. The minimum absolute atomic E-state index is 0.0339. The number of benzene rings is 2. The van der Waals surface area contributed by atoms with Crippen LogP contribution in [-0.4, -0.2) is 39.0 Å². The van der Waals surface area contributed by atoms with E-state index in [2.05, 4.69) is 31.3 Å². The smallest absolute Gasteiger partial charge is 0.219 e. The molecule has 0 radical (unpaired) electrons. The number of phenols is 4. The van der Waals surface area contributed by atoms with Gasteiger partial charge in [0, 0.05) is 42.6 Å². The highest BCUT2D eigenvalue weighted by molar-refractivity contribution is 5.75. The largest absolute Gasteiger partial charge is 0.508 e. The lowest BCUT2D eigenvalue weighted by atomic mass is 9.79. The molecule has 2 aliphatic heterocycles. The van der Waals surface area contributed by atoms with Gasteiger partial charge in [-0.3, -0.25) is 4.79 Å². The van der Waals surface area contributed by atoms with Crippen LogP contribution >= 0.6 is 0 Å². The van der Waals surface area contributed by atoms with Crippen LogP contribution in [0.15, 0.2) is 36.4 Å². The summed E-state index contributed by atoms with van der Waals surface area (Å²) in [6.45, 7) is 6.71. The number of rotatable bonds is 10. The molecule has 0 fully saturated rings. The molecular weight excluding hydrogens is 486 g/mol. The number of carbonyl (C=O) groups excluding carboxylic acids is 1. The first kappa shape index (κ1) is 27.6. The number of amides is 1. The van der Waals surface area contributed by atoms with Gasteiger partial charge in [0.1, 0.15) is 23.4 Å². The lowest BCUT2D eigenvalue weighted by Gasteiger charge is -2.46. The Bertz CT molecular complexity index is 1190. The van der Waals surface area contributed by atoms with E-state index in [-0.39, 0.29) is 28.9 Å². The van der Waals surface area contributed by atoms with Crippen LogP contribution in [0.2, 0.25) is 0 Å². The van der Waals surface area contributed by atoms with Crippen LogP contribution in [0.4, 0.5) is 0 Å². The summed E-state index contributed by atoms with van der Waals surface area (Å²) < 4.78 is 12.7. The van der Waals surface area contributed by atoms with Gasteiger partial charge in [-0.1, -0.05) is 26.0 Å². The highest BCUT2D eigenvalue weighted by Gasteiger charge is 2.47. The number of phenolic OH excluding ortho intramolecular Hbond substituents is 4.